The third kappa shape index (κ3) is 3.62. The van der Waals surface area contributed by atoms with Gasteiger partial charge in [0.25, 0.3) is 0 Å². The summed E-state index contributed by atoms with van der Waals surface area (Å²) in [5.74, 6) is 0.306. The Bertz CT molecular complexity index is 825. The first-order chi connectivity index (χ1) is 11.7. The number of carbonyl (C=O) groups is 1. The number of ether oxygens (including phenoxy) is 1. The van der Waals surface area contributed by atoms with Crippen molar-refractivity contribution < 1.29 is 14.1 Å². The molecular formula is C17H18N5O2+. The molecule has 0 aliphatic carbocycles. The van der Waals surface area contributed by atoms with Crippen LogP contribution in [0, 0.1) is 0 Å². The van der Waals surface area contributed by atoms with Gasteiger partial charge in [0.15, 0.2) is 18.9 Å². The Labute approximate surface area is 139 Å². The first kappa shape index (κ1) is 15.8. The van der Waals surface area contributed by atoms with E-state index in [2.05, 4.69) is 15.4 Å². The van der Waals surface area contributed by atoms with Crippen molar-refractivity contribution in [3.05, 3.63) is 59.9 Å². The molecule has 0 aliphatic rings. The minimum atomic E-state index is -0.300. The molecule has 24 heavy (non-hydrogen) atoms. The highest BCUT2D eigenvalue weighted by Gasteiger charge is 2.10. The van der Waals surface area contributed by atoms with Gasteiger partial charge in [-0.1, -0.05) is 24.3 Å². The second-order valence-corrected chi connectivity index (χ2v) is 5.28. The van der Waals surface area contributed by atoms with Gasteiger partial charge in [0, 0.05) is 23.3 Å². The molecule has 0 N–H and O–H groups in total. The fraction of sp³-hybridized carbons (Fsp3) is 0.235. The summed E-state index contributed by atoms with van der Waals surface area (Å²) in [5.41, 5.74) is 2.61. The predicted octanol–water partition coefficient (Wildman–Crippen LogP) is 1.39. The second kappa shape index (κ2) is 6.99. The molecule has 1 aromatic carbocycles. The maximum Gasteiger partial charge on any atom is 0.338 e. The van der Waals surface area contributed by atoms with E-state index in [4.69, 9.17) is 4.74 Å². The fourth-order valence-corrected chi connectivity index (χ4v) is 2.28. The number of nitrogens with zero attached hydrogens (tertiary/aromatic N) is 5. The fourth-order valence-electron chi connectivity index (χ4n) is 2.28. The molecule has 2 heterocycles. The van der Waals surface area contributed by atoms with Crippen molar-refractivity contribution in [2.45, 2.75) is 13.5 Å². The molecule has 7 nitrogen and oxygen atoms in total. The van der Waals surface area contributed by atoms with Crippen molar-refractivity contribution >= 4 is 5.97 Å². The highest BCUT2D eigenvalue weighted by atomic mass is 16.5. The van der Waals surface area contributed by atoms with Gasteiger partial charge in [-0.2, -0.15) is 4.80 Å². The zero-order chi connectivity index (χ0) is 16.9. The van der Waals surface area contributed by atoms with Gasteiger partial charge in [0.1, 0.15) is 0 Å². The lowest BCUT2D eigenvalue weighted by Gasteiger charge is -2.02. The van der Waals surface area contributed by atoms with Crippen LogP contribution in [0.4, 0.5) is 0 Å². The van der Waals surface area contributed by atoms with Crippen LogP contribution in [-0.4, -0.2) is 32.8 Å². The summed E-state index contributed by atoms with van der Waals surface area (Å²) >= 11 is 0. The van der Waals surface area contributed by atoms with Crippen molar-refractivity contribution in [3.8, 4) is 11.4 Å². The predicted molar refractivity (Wildman–Crippen MR) is 85.9 cm³/mol. The number of rotatable bonds is 5. The van der Waals surface area contributed by atoms with E-state index in [1.54, 1.807) is 26.1 Å². The van der Waals surface area contributed by atoms with E-state index in [-0.39, 0.29) is 5.97 Å². The molecule has 122 valence electrons. The van der Waals surface area contributed by atoms with Crippen LogP contribution in [0.25, 0.3) is 11.4 Å². The number of tetrazole rings is 1. The molecule has 2 aromatic heterocycles. The summed E-state index contributed by atoms with van der Waals surface area (Å²) in [6, 6.07) is 11.5. The molecule has 0 amide bonds. The molecule has 0 saturated carbocycles. The Morgan fingerprint density at radius 2 is 1.88 bits per heavy atom. The zero-order valence-electron chi connectivity index (χ0n) is 13.6. The van der Waals surface area contributed by atoms with Gasteiger partial charge in [-0.15, -0.1) is 10.2 Å². The highest BCUT2D eigenvalue weighted by Crippen LogP contribution is 2.14. The number of pyridine rings is 1. The summed E-state index contributed by atoms with van der Waals surface area (Å²) < 4.78 is 6.97. The van der Waals surface area contributed by atoms with E-state index >= 15 is 0 Å². The molecule has 0 radical (unpaired) electrons. The lowest BCUT2D eigenvalue weighted by Crippen LogP contribution is -2.33. The van der Waals surface area contributed by atoms with Crippen LogP contribution in [-0.2, 0) is 18.3 Å². The molecule has 3 aromatic rings. The van der Waals surface area contributed by atoms with Crippen molar-refractivity contribution in [1.82, 2.24) is 20.2 Å². The lowest BCUT2D eigenvalue weighted by atomic mass is 10.1. The molecule has 0 atom stereocenters. The van der Waals surface area contributed by atoms with Crippen LogP contribution in [0.2, 0.25) is 0 Å². The molecule has 3 rings (SSSR count). The number of benzene rings is 1. The molecule has 0 aliphatic heterocycles. The van der Waals surface area contributed by atoms with Gasteiger partial charge in [0.2, 0.25) is 5.82 Å². The molecular weight excluding hydrogens is 306 g/mol. The number of hydrogen-bond acceptors (Lipinski definition) is 5. The first-order valence-electron chi connectivity index (χ1n) is 7.65. The quantitative estimate of drug-likeness (QED) is 0.524. The van der Waals surface area contributed by atoms with Gasteiger partial charge in [0.05, 0.1) is 19.2 Å². The van der Waals surface area contributed by atoms with Gasteiger partial charge >= 0.3 is 5.97 Å². The van der Waals surface area contributed by atoms with E-state index in [1.165, 1.54) is 4.80 Å². The lowest BCUT2D eigenvalue weighted by molar-refractivity contribution is -0.688. The average Bonchev–Trinajstić information content (AvgIpc) is 3.03. The van der Waals surface area contributed by atoms with Gasteiger partial charge in [-0.3, -0.25) is 0 Å². The number of carbonyl (C=O) groups excluding carboxylic acids is 1. The monoisotopic (exact) mass is 324 g/mol. The molecule has 0 unspecified atom stereocenters. The third-order valence-corrected chi connectivity index (χ3v) is 3.49. The zero-order valence-corrected chi connectivity index (χ0v) is 13.6. The Morgan fingerprint density at radius 1 is 1.17 bits per heavy atom. The Morgan fingerprint density at radius 3 is 2.46 bits per heavy atom. The molecule has 0 spiro atoms. The number of esters is 1. The smallest absolute Gasteiger partial charge is 0.338 e. The van der Waals surface area contributed by atoms with Gasteiger partial charge < -0.3 is 4.74 Å². The van der Waals surface area contributed by atoms with Crippen molar-refractivity contribution in [2.75, 3.05) is 6.61 Å². The number of hydrogen-bond donors (Lipinski definition) is 0. The Hall–Kier alpha value is -3.09. The topological polar surface area (TPSA) is 73.8 Å². The first-order valence-corrected chi connectivity index (χ1v) is 7.65. The summed E-state index contributed by atoms with van der Waals surface area (Å²) in [5, 5.41) is 12.0. The summed E-state index contributed by atoms with van der Waals surface area (Å²) in [6.45, 7) is 2.87. The molecule has 0 bridgehead atoms. The third-order valence-electron chi connectivity index (χ3n) is 3.49. The SMILES string of the molecule is CCOC(=O)c1cc[n+](Cc2ccc(-c3nnn(C)n3)cc2)cc1. The van der Waals surface area contributed by atoms with E-state index in [0.717, 1.165) is 11.1 Å². The second-order valence-electron chi connectivity index (χ2n) is 5.28. The molecule has 0 fully saturated rings. The van der Waals surface area contributed by atoms with Crippen molar-refractivity contribution in [1.29, 1.82) is 0 Å². The summed E-state index contributed by atoms with van der Waals surface area (Å²) in [7, 11) is 1.74. The number of aryl methyl sites for hydroxylation is 1. The van der Waals surface area contributed by atoms with Gasteiger partial charge in [-0.25, -0.2) is 9.36 Å². The summed E-state index contributed by atoms with van der Waals surface area (Å²) in [4.78, 5) is 13.1. The van der Waals surface area contributed by atoms with Crippen LogP contribution in [0.15, 0.2) is 48.8 Å². The standard InChI is InChI=1S/C17H18N5O2/c1-3-24-17(23)15-8-10-22(11-9-15)12-13-4-6-14(7-5-13)16-18-20-21(2)19-16/h4-11H,3,12H2,1-2H3/q+1. The van der Waals surface area contributed by atoms with Crippen molar-refractivity contribution in [2.24, 2.45) is 7.05 Å². The minimum absolute atomic E-state index is 0.300. The van der Waals surface area contributed by atoms with Crippen LogP contribution < -0.4 is 4.57 Å². The maximum absolute atomic E-state index is 11.6. The van der Waals surface area contributed by atoms with E-state index in [1.807, 2.05) is 41.2 Å². The van der Waals surface area contributed by atoms with Crippen LogP contribution in [0.1, 0.15) is 22.8 Å². The maximum atomic E-state index is 11.6. The molecule has 0 saturated heterocycles. The van der Waals surface area contributed by atoms with Crippen molar-refractivity contribution in [3.63, 3.8) is 0 Å². The summed E-state index contributed by atoms with van der Waals surface area (Å²) in [6.07, 6.45) is 3.73. The van der Waals surface area contributed by atoms with E-state index in [9.17, 15) is 4.79 Å². The number of aromatic nitrogens is 5. The minimum Gasteiger partial charge on any atom is -0.462 e. The average molecular weight is 324 g/mol. The molecule has 7 heteroatoms. The van der Waals surface area contributed by atoms with Crippen LogP contribution in [0.3, 0.4) is 0 Å². The largest absolute Gasteiger partial charge is 0.462 e. The Balaban J connectivity index is 1.68. The van der Waals surface area contributed by atoms with Gasteiger partial charge in [-0.05, 0) is 12.1 Å². The van der Waals surface area contributed by atoms with E-state index < -0.39 is 0 Å². The highest BCUT2D eigenvalue weighted by molar-refractivity contribution is 5.88. The van der Waals surface area contributed by atoms with E-state index in [0.29, 0.717) is 24.5 Å². The Kier molecular flexibility index (Phi) is 4.60. The van der Waals surface area contributed by atoms with Crippen LogP contribution >= 0.6 is 0 Å². The normalized spacial score (nSPS) is 10.6. The van der Waals surface area contributed by atoms with Crippen LogP contribution in [0.5, 0.6) is 0 Å².